The quantitative estimate of drug-likeness (QED) is 0.815. The van der Waals surface area contributed by atoms with Gasteiger partial charge in [0.15, 0.2) is 0 Å². The van der Waals surface area contributed by atoms with Crippen LogP contribution in [0.5, 0.6) is 0 Å². The Morgan fingerprint density at radius 2 is 2.29 bits per heavy atom. The topological polar surface area (TPSA) is 35.5 Å². The Labute approximate surface area is 103 Å². The Morgan fingerprint density at radius 1 is 1.47 bits per heavy atom. The van der Waals surface area contributed by atoms with Crippen LogP contribution in [-0.4, -0.2) is 36.9 Å². The van der Waals surface area contributed by atoms with Crippen molar-refractivity contribution in [2.24, 2.45) is 0 Å². The summed E-state index contributed by atoms with van der Waals surface area (Å²) in [6.45, 7) is 6.43. The number of hydrogen-bond acceptors (Lipinski definition) is 3. The van der Waals surface area contributed by atoms with Crippen molar-refractivity contribution in [2.45, 2.75) is 32.4 Å². The predicted molar refractivity (Wildman–Crippen MR) is 71.5 cm³/mol. The summed E-state index contributed by atoms with van der Waals surface area (Å²) in [6.07, 6.45) is 1.12. The van der Waals surface area contributed by atoms with Crippen molar-refractivity contribution in [2.75, 3.05) is 24.6 Å². The maximum absolute atomic E-state index is 9.33. The van der Waals surface area contributed by atoms with Gasteiger partial charge in [-0.15, -0.1) is 0 Å². The first-order chi connectivity index (χ1) is 8.20. The molecule has 3 nitrogen and oxygen atoms in total. The molecule has 1 fully saturated rings. The molecule has 1 aromatic rings. The summed E-state index contributed by atoms with van der Waals surface area (Å²) in [5, 5.41) is 12.7. The lowest BCUT2D eigenvalue weighted by Gasteiger charge is -2.31. The minimum atomic E-state index is 0.181. The van der Waals surface area contributed by atoms with Gasteiger partial charge in [0.2, 0.25) is 0 Å². The Morgan fingerprint density at radius 3 is 3.00 bits per heavy atom. The summed E-state index contributed by atoms with van der Waals surface area (Å²) >= 11 is 0. The SMILES string of the molecule is Cc1cccc(N2CC(CO)NCCC2C)c1. The molecule has 0 spiro atoms. The number of nitrogens with one attached hydrogen (secondary N) is 1. The van der Waals surface area contributed by atoms with E-state index in [2.05, 4.69) is 48.3 Å². The lowest BCUT2D eigenvalue weighted by atomic mass is 10.1. The van der Waals surface area contributed by atoms with Gasteiger partial charge in [-0.25, -0.2) is 0 Å². The number of aliphatic hydroxyl groups is 1. The van der Waals surface area contributed by atoms with E-state index in [0.717, 1.165) is 19.5 Å². The van der Waals surface area contributed by atoms with Crippen LogP contribution < -0.4 is 10.2 Å². The molecule has 2 atom stereocenters. The zero-order chi connectivity index (χ0) is 12.3. The van der Waals surface area contributed by atoms with Gasteiger partial charge in [0.1, 0.15) is 0 Å². The first-order valence-corrected chi connectivity index (χ1v) is 6.38. The third-order valence-electron chi connectivity index (χ3n) is 3.50. The van der Waals surface area contributed by atoms with Gasteiger partial charge in [-0.05, 0) is 44.5 Å². The van der Waals surface area contributed by atoms with Gasteiger partial charge in [-0.2, -0.15) is 0 Å². The van der Waals surface area contributed by atoms with E-state index < -0.39 is 0 Å². The van der Waals surface area contributed by atoms with Crippen LogP contribution in [0.4, 0.5) is 5.69 Å². The molecule has 0 aliphatic carbocycles. The number of rotatable bonds is 2. The zero-order valence-corrected chi connectivity index (χ0v) is 10.7. The van der Waals surface area contributed by atoms with Crippen LogP contribution in [0.25, 0.3) is 0 Å². The molecule has 2 unspecified atom stereocenters. The number of hydrogen-bond donors (Lipinski definition) is 2. The molecule has 1 heterocycles. The normalized spacial score (nSPS) is 25.7. The fraction of sp³-hybridized carbons (Fsp3) is 0.571. The van der Waals surface area contributed by atoms with E-state index in [4.69, 9.17) is 0 Å². The molecular formula is C14H22N2O. The number of anilines is 1. The number of benzene rings is 1. The maximum Gasteiger partial charge on any atom is 0.0601 e. The molecule has 0 saturated carbocycles. The van der Waals surface area contributed by atoms with Crippen LogP contribution in [0.3, 0.4) is 0 Å². The number of nitrogens with zero attached hydrogens (tertiary/aromatic N) is 1. The summed E-state index contributed by atoms with van der Waals surface area (Å²) in [4.78, 5) is 2.40. The second-order valence-corrected chi connectivity index (χ2v) is 4.96. The van der Waals surface area contributed by atoms with Crippen molar-refractivity contribution in [3.8, 4) is 0 Å². The molecule has 1 aliphatic rings. The molecule has 1 aliphatic heterocycles. The highest BCUT2D eigenvalue weighted by Crippen LogP contribution is 2.21. The van der Waals surface area contributed by atoms with E-state index >= 15 is 0 Å². The van der Waals surface area contributed by atoms with Gasteiger partial charge in [0.05, 0.1) is 6.61 Å². The molecule has 1 saturated heterocycles. The Balaban J connectivity index is 2.21. The van der Waals surface area contributed by atoms with Crippen LogP contribution in [-0.2, 0) is 0 Å². The standard InChI is InChI=1S/C14H22N2O/c1-11-4-3-5-14(8-11)16-9-13(10-17)15-7-6-12(16)2/h3-5,8,12-13,15,17H,6-7,9-10H2,1-2H3. The van der Waals surface area contributed by atoms with Crippen LogP contribution >= 0.6 is 0 Å². The second kappa shape index (κ2) is 5.52. The van der Waals surface area contributed by atoms with Crippen molar-refractivity contribution < 1.29 is 5.11 Å². The molecule has 3 heteroatoms. The molecular weight excluding hydrogens is 212 g/mol. The summed E-state index contributed by atoms with van der Waals surface area (Å²) < 4.78 is 0. The third-order valence-corrected chi connectivity index (χ3v) is 3.50. The van der Waals surface area contributed by atoms with E-state index in [1.807, 2.05) is 0 Å². The Kier molecular flexibility index (Phi) is 4.02. The molecule has 94 valence electrons. The third kappa shape index (κ3) is 2.99. The van der Waals surface area contributed by atoms with E-state index in [0.29, 0.717) is 6.04 Å². The van der Waals surface area contributed by atoms with Crippen molar-refractivity contribution in [3.05, 3.63) is 29.8 Å². The molecule has 0 aromatic heterocycles. The molecule has 17 heavy (non-hydrogen) atoms. The minimum Gasteiger partial charge on any atom is -0.395 e. The van der Waals surface area contributed by atoms with Crippen molar-refractivity contribution in [3.63, 3.8) is 0 Å². The Bertz CT molecular complexity index is 367. The molecule has 0 bridgehead atoms. The average molecular weight is 234 g/mol. The molecule has 2 N–H and O–H groups in total. The molecule has 0 amide bonds. The van der Waals surface area contributed by atoms with E-state index in [1.165, 1.54) is 11.3 Å². The van der Waals surface area contributed by atoms with Crippen LogP contribution in [0.15, 0.2) is 24.3 Å². The first-order valence-electron chi connectivity index (χ1n) is 6.38. The maximum atomic E-state index is 9.33. The number of aryl methyl sites for hydroxylation is 1. The minimum absolute atomic E-state index is 0.181. The van der Waals surface area contributed by atoms with Crippen molar-refractivity contribution in [1.29, 1.82) is 0 Å². The summed E-state index contributed by atoms with van der Waals surface area (Å²) in [7, 11) is 0. The summed E-state index contributed by atoms with van der Waals surface area (Å²) in [5.74, 6) is 0. The number of aliphatic hydroxyl groups excluding tert-OH is 1. The highest BCUT2D eigenvalue weighted by atomic mass is 16.3. The summed E-state index contributed by atoms with van der Waals surface area (Å²) in [6, 6.07) is 9.29. The molecule has 1 aromatic carbocycles. The summed E-state index contributed by atoms with van der Waals surface area (Å²) in [5.41, 5.74) is 2.55. The van der Waals surface area contributed by atoms with Crippen molar-refractivity contribution >= 4 is 5.69 Å². The highest BCUT2D eigenvalue weighted by Gasteiger charge is 2.22. The van der Waals surface area contributed by atoms with Crippen LogP contribution in [0.2, 0.25) is 0 Å². The van der Waals surface area contributed by atoms with Gasteiger partial charge in [0.25, 0.3) is 0 Å². The van der Waals surface area contributed by atoms with Gasteiger partial charge in [-0.3, -0.25) is 0 Å². The first kappa shape index (κ1) is 12.4. The van der Waals surface area contributed by atoms with E-state index in [-0.39, 0.29) is 12.6 Å². The van der Waals surface area contributed by atoms with Gasteiger partial charge >= 0.3 is 0 Å². The van der Waals surface area contributed by atoms with Gasteiger partial charge in [0, 0.05) is 24.3 Å². The highest BCUT2D eigenvalue weighted by molar-refractivity contribution is 5.49. The zero-order valence-electron chi connectivity index (χ0n) is 10.7. The Hall–Kier alpha value is -1.06. The fourth-order valence-corrected chi connectivity index (χ4v) is 2.42. The van der Waals surface area contributed by atoms with Crippen LogP contribution in [0.1, 0.15) is 18.9 Å². The lowest BCUT2D eigenvalue weighted by Crippen LogP contribution is -2.42. The molecule has 0 radical (unpaired) electrons. The van der Waals surface area contributed by atoms with Crippen LogP contribution in [0, 0.1) is 6.92 Å². The van der Waals surface area contributed by atoms with Gasteiger partial charge < -0.3 is 15.3 Å². The smallest absolute Gasteiger partial charge is 0.0601 e. The van der Waals surface area contributed by atoms with Gasteiger partial charge in [-0.1, -0.05) is 12.1 Å². The fourth-order valence-electron chi connectivity index (χ4n) is 2.42. The second-order valence-electron chi connectivity index (χ2n) is 4.96. The van der Waals surface area contributed by atoms with E-state index in [1.54, 1.807) is 0 Å². The monoisotopic (exact) mass is 234 g/mol. The van der Waals surface area contributed by atoms with Crippen molar-refractivity contribution in [1.82, 2.24) is 5.32 Å². The lowest BCUT2D eigenvalue weighted by molar-refractivity contribution is 0.248. The average Bonchev–Trinajstić information content (AvgIpc) is 2.51. The predicted octanol–water partition coefficient (Wildman–Crippen LogP) is 1.54. The molecule has 2 rings (SSSR count). The largest absolute Gasteiger partial charge is 0.395 e. The van der Waals surface area contributed by atoms with E-state index in [9.17, 15) is 5.11 Å².